The van der Waals surface area contributed by atoms with E-state index in [9.17, 15) is 19.5 Å². The Morgan fingerprint density at radius 2 is 1.42 bits per heavy atom. The molecule has 0 fully saturated rings. The van der Waals surface area contributed by atoms with Gasteiger partial charge in [-0.1, -0.05) is 134 Å². The fourth-order valence-electron chi connectivity index (χ4n) is 5.73. The van der Waals surface area contributed by atoms with Gasteiger partial charge in [0, 0.05) is 48.5 Å². The normalized spacial score (nSPS) is 12.9. The molecular weight excluding hydrogens is 645 g/mol. The van der Waals surface area contributed by atoms with Crippen molar-refractivity contribution in [2.24, 2.45) is 5.92 Å². The third-order valence-electron chi connectivity index (χ3n) is 8.97. The van der Waals surface area contributed by atoms with E-state index in [0.29, 0.717) is 55.5 Å². The third-order valence-corrected chi connectivity index (χ3v) is 8.97. The number of fused-ring (bicyclic) bond motifs is 1. The molecule has 0 bridgehead atoms. The number of aliphatic hydroxyl groups is 1. The fourth-order valence-corrected chi connectivity index (χ4v) is 5.73. The molecule has 52 heavy (non-hydrogen) atoms. The van der Waals surface area contributed by atoms with E-state index in [2.05, 4.69) is 71.0 Å². The molecule has 0 spiro atoms. The van der Waals surface area contributed by atoms with Crippen LogP contribution in [-0.4, -0.2) is 41.9 Å². The van der Waals surface area contributed by atoms with Gasteiger partial charge in [-0.25, -0.2) is 0 Å². The molecule has 0 heterocycles. The molecule has 2 atom stereocenters. The lowest BCUT2D eigenvalue weighted by atomic mass is 9.96. The number of hydrogen-bond acceptors (Lipinski definition) is 4. The Balaban J connectivity index is 1.06. The van der Waals surface area contributed by atoms with Gasteiger partial charge >= 0.3 is 0 Å². The monoisotopic (exact) mass is 694 g/mol. The lowest BCUT2D eigenvalue weighted by Gasteiger charge is -2.16. The highest BCUT2D eigenvalue weighted by molar-refractivity contribution is 6.08. The van der Waals surface area contributed by atoms with Crippen molar-refractivity contribution in [3.05, 3.63) is 155 Å². The zero-order chi connectivity index (χ0) is 37.1. The highest BCUT2D eigenvalue weighted by atomic mass is 16.3. The third kappa shape index (κ3) is 13.0. The van der Waals surface area contributed by atoms with Crippen molar-refractivity contribution in [1.82, 2.24) is 10.6 Å². The maximum absolute atomic E-state index is 12.6. The summed E-state index contributed by atoms with van der Waals surface area (Å²) in [5.41, 5.74) is 5.10. The molecule has 0 aliphatic rings. The second kappa shape index (κ2) is 21.0. The Labute approximate surface area is 308 Å². The number of aliphatic hydroxyl groups excluding tert-OH is 1. The molecule has 268 valence electrons. The zero-order valence-corrected chi connectivity index (χ0v) is 30.5. The minimum absolute atomic E-state index is 0.0276. The van der Waals surface area contributed by atoms with Crippen LogP contribution in [0.25, 0.3) is 10.8 Å². The average molecular weight is 695 g/mol. The van der Waals surface area contributed by atoms with E-state index >= 15 is 0 Å². The first-order valence-electron chi connectivity index (χ1n) is 18.1. The predicted molar refractivity (Wildman–Crippen MR) is 212 cm³/mol. The summed E-state index contributed by atoms with van der Waals surface area (Å²) in [6.07, 6.45) is 11.1. The van der Waals surface area contributed by atoms with Crippen LogP contribution in [0.15, 0.2) is 133 Å². The Bertz CT molecular complexity index is 1950. The number of carbonyl (C=O) groups is 3. The number of nitrogens with one attached hydrogen (secondary N) is 2. The van der Waals surface area contributed by atoms with E-state index in [1.807, 2.05) is 56.3 Å². The SMILES string of the molecule is C/C(=C\CCC#C/C=C/[C@@H](C)[C@@H](O)/C(C)=C/CCc1ccc2ccccc2c1)C(=O)NCCNC(=O)CCc1ccc(C(=O)c2ccccc2)cc1. The van der Waals surface area contributed by atoms with Gasteiger partial charge in [0.1, 0.15) is 0 Å². The maximum atomic E-state index is 12.6. The van der Waals surface area contributed by atoms with Crippen molar-refractivity contribution in [3.8, 4) is 11.8 Å². The smallest absolute Gasteiger partial charge is 0.246 e. The lowest BCUT2D eigenvalue weighted by Crippen LogP contribution is -2.35. The number of hydrogen-bond donors (Lipinski definition) is 3. The van der Waals surface area contributed by atoms with E-state index in [4.69, 9.17) is 0 Å². The van der Waals surface area contributed by atoms with Crippen LogP contribution in [0.3, 0.4) is 0 Å². The second-order valence-corrected chi connectivity index (χ2v) is 13.1. The highest BCUT2D eigenvalue weighted by Crippen LogP contribution is 2.19. The number of rotatable bonds is 17. The van der Waals surface area contributed by atoms with Gasteiger partial charge < -0.3 is 15.7 Å². The molecule has 0 unspecified atom stereocenters. The standard InChI is InChI=1S/C46H50N2O4/c1-34(44(50)35(2)17-14-18-38-25-27-39-19-12-13-22-42(39)33-38)15-8-5-4-6-9-16-36(3)46(52)48-32-31-47-43(49)30-26-37-23-28-41(29-24-37)45(51)40-20-10-7-11-21-40/h7-8,10-13,15-17,19-25,27-29,33-34,44,50H,6,9,14,18,26,30-32H2,1-3H3,(H,47,49)(H,48,52)/b15-8+,35-17+,36-16+/t34-,44-/m1/s1. The summed E-state index contributed by atoms with van der Waals surface area (Å²) in [6.45, 7) is 6.40. The molecule has 6 heteroatoms. The van der Waals surface area contributed by atoms with Crippen molar-refractivity contribution in [1.29, 1.82) is 0 Å². The predicted octanol–water partition coefficient (Wildman–Crippen LogP) is 8.10. The molecule has 0 saturated heterocycles. The zero-order valence-electron chi connectivity index (χ0n) is 30.5. The molecule has 4 aromatic rings. The van der Waals surface area contributed by atoms with Crippen LogP contribution in [0.4, 0.5) is 0 Å². The van der Waals surface area contributed by atoms with Crippen LogP contribution in [-0.2, 0) is 22.4 Å². The van der Waals surface area contributed by atoms with Crippen molar-refractivity contribution < 1.29 is 19.5 Å². The van der Waals surface area contributed by atoms with Gasteiger partial charge in [0.05, 0.1) is 6.10 Å². The van der Waals surface area contributed by atoms with E-state index in [-0.39, 0.29) is 23.5 Å². The largest absolute Gasteiger partial charge is 0.388 e. The minimum atomic E-state index is -0.560. The van der Waals surface area contributed by atoms with E-state index in [1.54, 1.807) is 37.3 Å². The number of allylic oxidation sites excluding steroid dienone is 3. The number of carbonyl (C=O) groups excluding carboxylic acids is 3. The Morgan fingerprint density at radius 3 is 2.19 bits per heavy atom. The second-order valence-electron chi connectivity index (χ2n) is 13.1. The Kier molecular flexibility index (Phi) is 15.9. The summed E-state index contributed by atoms with van der Waals surface area (Å²) < 4.78 is 0. The molecule has 0 aliphatic carbocycles. The summed E-state index contributed by atoms with van der Waals surface area (Å²) in [5.74, 6) is 5.78. The van der Waals surface area contributed by atoms with E-state index in [1.165, 1.54) is 16.3 Å². The molecule has 0 radical (unpaired) electrons. The molecule has 4 rings (SSSR count). The van der Waals surface area contributed by atoms with Crippen molar-refractivity contribution >= 4 is 28.4 Å². The number of unbranched alkanes of at least 4 members (excludes halogenated alkanes) is 1. The number of aryl methyl sites for hydroxylation is 2. The van der Waals surface area contributed by atoms with Crippen LogP contribution in [0, 0.1) is 17.8 Å². The number of benzene rings is 4. The summed E-state index contributed by atoms with van der Waals surface area (Å²) in [7, 11) is 0. The van der Waals surface area contributed by atoms with Crippen molar-refractivity contribution in [2.45, 2.75) is 65.4 Å². The number of ketones is 1. The van der Waals surface area contributed by atoms with Crippen LogP contribution in [0.1, 0.15) is 73.5 Å². The fraction of sp³-hybridized carbons (Fsp3) is 0.283. The van der Waals surface area contributed by atoms with Crippen LogP contribution >= 0.6 is 0 Å². The first-order valence-corrected chi connectivity index (χ1v) is 18.1. The van der Waals surface area contributed by atoms with Gasteiger partial charge in [0.15, 0.2) is 5.78 Å². The molecule has 6 nitrogen and oxygen atoms in total. The number of amides is 2. The summed E-state index contributed by atoms with van der Waals surface area (Å²) in [5, 5.41) is 18.9. The maximum Gasteiger partial charge on any atom is 0.246 e. The molecule has 2 amide bonds. The molecule has 3 N–H and O–H groups in total. The Morgan fingerprint density at radius 1 is 0.750 bits per heavy atom. The van der Waals surface area contributed by atoms with Crippen molar-refractivity contribution in [3.63, 3.8) is 0 Å². The molecule has 0 saturated carbocycles. The van der Waals surface area contributed by atoms with Crippen LogP contribution in [0.5, 0.6) is 0 Å². The van der Waals surface area contributed by atoms with E-state index < -0.39 is 6.10 Å². The lowest BCUT2D eigenvalue weighted by molar-refractivity contribution is -0.121. The first-order chi connectivity index (χ1) is 25.2. The van der Waals surface area contributed by atoms with Gasteiger partial charge in [0.25, 0.3) is 0 Å². The first kappa shape index (κ1) is 39.3. The van der Waals surface area contributed by atoms with Gasteiger partial charge in [-0.15, -0.1) is 0 Å². The van der Waals surface area contributed by atoms with Gasteiger partial charge in [-0.3, -0.25) is 14.4 Å². The van der Waals surface area contributed by atoms with Gasteiger partial charge in [-0.2, -0.15) is 0 Å². The highest BCUT2D eigenvalue weighted by Gasteiger charge is 2.13. The molecule has 4 aromatic carbocycles. The summed E-state index contributed by atoms with van der Waals surface area (Å²) in [6, 6.07) is 31.4. The van der Waals surface area contributed by atoms with E-state index in [0.717, 1.165) is 24.0 Å². The van der Waals surface area contributed by atoms with Crippen molar-refractivity contribution in [2.75, 3.05) is 13.1 Å². The quantitative estimate of drug-likeness (QED) is 0.0342. The van der Waals surface area contributed by atoms with Gasteiger partial charge in [0.2, 0.25) is 11.8 Å². The Hall–Kier alpha value is -5.51. The molecular formula is C46H50N2O4. The van der Waals surface area contributed by atoms with Crippen LogP contribution in [0.2, 0.25) is 0 Å². The molecule has 0 aliphatic heterocycles. The topological polar surface area (TPSA) is 95.5 Å². The average Bonchev–Trinajstić information content (AvgIpc) is 3.17. The summed E-state index contributed by atoms with van der Waals surface area (Å²) in [4.78, 5) is 37.3. The molecule has 0 aromatic heterocycles. The minimum Gasteiger partial charge on any atom is -0.388 e. The van der Waals surface area contributed by atoms with Crippen LogP contribution < -0.4 is 10.6 Å². The van der Waals surface area contributed by atoms with Gasteiger partial charge in [-0.05, 0) is 73.1 Å². The summed E-state index contributed by atoms with van der Waals surface area (Å²) >= 11 is 0.